The molecule has 0 N–H and O–H groups in total. The molecule has 2 rings (SSSR count). The van der Waals surface area contributed by atoms with Crippen LogP contribution in [0.25, 0.3) is 0 Å². The van der Waals surface area contributed by atoms with E-state index in [9.17, 15) is 9.59 Å². The minimum absolute atomic E-state index is 0.190. The highest BCUT2D eigenvalue weighted by Gasteiger charge is 2.11. The molecule has 0 aliphatic carbocycles. The Bertz CT molecular complexity index is 700. The molecule has 118 valence electrons. The van der Waals surface area contributed by atoms with E-state index in [4.69, 9.17) is 9.47 Å². The van der Waals surface area contributed by atoms with Crippen molar-refractivity contribution in [3.8, 4) is 5.75 Å². The third-order valence-electron chi connectivity index (χ3n) is 3.25. The number of esters is 1. The Hall–Kier alpha value is -2.88. The summed E-state index contributed by atoms with van der Waals surface area (Å²) in [4.78, 5) is 24.2. The predicted molar refractivity (Wildman–Crippen MR) is 87.6 cm³/mol. The van der Waals surface area contributed by atoms with Crippen LogP contribution in [0.3, 0.4) is 0 Å². The Labute approximate surface area is 135 Å². The molecule has 23 heavy (non-hydrogen) atoms. The van der Waals surface area contributed by atoms with Gasteiger partial charge in [-0.2, -0.15) is 0 Å². The number of ether oxygens (including phenoxy) is 2. The van der Waals surface area contributed by atoms with E-state index in [1.807, 2.05) is 13.0 Å². The molecule has 0 fully saturated rings. The van der Waals surface area contributed by atoms with E-state index in [0.29, 0.717) is 29.1 Å². The average molecular weight is 310 g/mol. The highest BCUT2D eigenvalue weighted by molar-refractivity contribution is 6.05. The Morgan fingerprint density at radius 2 is 1.61 bits per heavy atom. The van der Waals surface area contributed by atoms with Crippen molar-refractivity contribution in [3.05, 3.63) is 77.6 Å². The van der Waals surface area contributed by atoms with Crippen LogP contribution < -0.4 is 4.74 Å². The lowest BCUT2D eigenvalue weighted by molar-refractivity contribution is 0.0615. The number of rotatable bonds is 6. The fourth-order valence-corrected chi connectivity index (χ4v) is 1.94. The first kappa shape index (κ1) is 16.5. The van der Waals surface area contributed by atoms with Crippen LogP contribution >= 0.6 is 0 Å². The van der Waals surface area contributed by atoms with Gasteiger partial charge < -0.3 is 9.47 Å². The summed E-state index contributed by atoms with van der Waals surface area (Å²) < 4.78 is 10.4. The zero-order chi connectivity index (χ0) is 16.7. The van der Waals surface area contributed by atoms with Crippen LogP contribution in [-0.4, -0.2) is 18.9 Å². The summed E-state index contributed by atoms with van der Waals surface area (Å²) in [5.74, 6) is 0.304. The maximum atomic E-state index is 12.1. The van der Waals surface area contributed by atoms with Crippen molar-refractivity contribution in [2.75, 3.05) is 7.11 Å². The van der Waals surface area contributed by atoms with E-state index < -0.39 is 5.97 Å². The molecule has 0 saturated heterocycles. The molecular weight excluding hydrogens is 292 g/mol. The molecule has 0 aliphatic heterocycles. The van der Waals surface area contributed by atoms with Crippen LogP contribution in [0.5, 0.6) is 5.75 Å². The minimum atomic E-state index is -0.499. The first-order valence-corrected chi connectivity index (χ1v) is 7.30. The predicted octanol–water partition coefficient (Wildman–Crippen LogP) is 4.03. The summed E-state index contributed by atoms with van der Waals surface area (Å²) in [7, 11) is 1.56. The molecule has 0 saturated carbocycles. The fourth-order valence-electron chi connectivity index (χ4n) is 1.94. The number of carbonyl (C=O) groups excluding carboxylic acids is 2. The SMILES string of the molecule is CCC(=CC(=O)c1ccccc1)OC(=O)c1ccc(OC)cc1. The molecule has 2 aromatic rings. The van der Waals surface area contributed by atoms with E-state index in [1.165, 1.54) is 6.08 Å². The van der Waals surface area contributed by atoms with Gasteiger partial charge in [0.05, 0.1) is 12.7 Å². The lowest BCUT2D eigenvalue weighted by Gasteiger charge is -2.07. The van der Waals surface area contributed by atoms with E-state index in [1.54, 1.807) is 55.6 Å². The average Bonchev–Trinajstić information content (AvgIpc) is 2.61. The summed E-state index contributed by atoms with van der Waals surface area (Å²) in [6.45, 7) is 1.82. The first-order chi connectivity index (χ1) is 11.1. The van der Waals surface area contributed by atoms with Crippen molar-refractivity contribution in [2.45, 2.75) is 13.3 Å². The number of allylic oxidation sites excluding steroid dienone is 2. The summed E-state index contributed by atoms with van der Waals surface area (Å²) in [5.41, 5.74) is 0.955. The second-order valence-corrected chi connectivity index (χ2v) is 4.81. The molecule has 0 amide bonds. The van der Waals surface area contributed by atoms with Crippen molar-refractivity contribution >= 4 is 11.8 Å². The topological polar surface area (TPSA) is 52.6 Å². The number of ketones is 1. The van der Waals surface area contributed by atoms with Crippen molar-refractivity contribution in [2.24, 2.45) is 0 Å². The van der Waals surface area contributed by atoms with E-state index in [0.717, 1.165) is 0 Å². The maximum Gasteiger partial charge on any atom is 0.343 e. The molecule has 0 radical (unpaired) electrons. The van der Waals surface area contributed by atoms with Gasteiger partial charge in [0.1, 0.15) is 11.5 Å². The van der Waals surface area contributed by atoms with Crippen molar-refractivity contribution in [3.63, 3.8) is 0 Å². The van der Waals surface area contributed by atoms with E-state index in [-0.39, 0.29) is 5.78 Å². The standard InChI is InChI=1S/C19H18O4/c1-3-16(13-18(20)14-7-5-4-6-8-14)23-19(21)15-9-11-17(22-2)12-10-15/h4-13H,3H2,1-2H3. The summed E-state index contributed by atoms with van der Waals surface area (Å²) >= 11 is 0. The Morgan fingerprint density at radius 3 is 2.17 bits per heavy atom. The van der Waals surface area contributed by atoms with E-state index >= 15 is 0 Å². The lowest BCUT2D eigenvalue weighted by Crippen LogP contribution is -2.06. The van der Waals surface area contributed by atoms with Gasteiger partial charge in [-0.3, -0.25) is 4.79 Å². The summed E-state index contributed by atoms with van der Waals surface area (Å²) in [6.07, 6.45) is 1.80. The van der Waals surface area contributed by atoms with Gasteiger partial charge in [0.15, 0.2) is 5.78 Å². The third kappa shape index (κ3) is 4.54. The van der Waals surface area contributed by atoms with Crippen molar-refractivity contribution < 1.29 is 19.1 Å². The smallest absolute Gasteiger partial charge is 0.343 e. The second kappa shape index (κ2) is 7.94. The molecule has 0 spiro atoms. The van der Waals surface area contributed by atoms with Gasteiger partial charge in [-0.25, -0.2) is 4.79 Å². The van der Waals surface area contributed by atoms with Gasteiger partial charge in [0.2, 0.25) is 0 Å². The molecule has 0 unspecified atom stereocenters. The van der Waals surface area contributed by atoms with Gasteiger partial charge in [-0.1, -0.05) is 37.3 Å². The monoisotopic (exact) mass is 310 g/mol. The van der Waals surface area contributed by atoms with Crippen LogP contribution in [-0.2, 0) is 4.74 Å². The van der Waals surface area contributed by atoms with Crippen LogP contribution in [0.2, 0.25) is 0 Å². The van der Waals surface area contributed by atoms with E-state index in [2.05, 4.69) is 0 Å². The largest absolute Gasteiger partial charge is 0.497 e. The minimum Gasteiger partial charge on any atom is -0.497 e. The molecule has 0 bridgehead atoms. The highest BCUT2D eigenvalue weighted by Crippen LogP contribution is 2.15. The molecule has 0 atom stereocenters. The molecule has 4 heteroatoms. The lowest BCUT2D eigenvalue weighted by atomic mass is 10.1. The number of carbonyl (C=O) groups is 2. The summed E-state index contributed by atoms with van der Waals surface area (Å²) in [6, 6.07) is 15.5. The number of hydrogen-bond acceptors (Lipinski definition) is 4. The van der Waals surface area contributed by atoms with Crippen LogP contribution in [0.15, 0.2) is 66.4 Å². The number of methoxy groups -OCH3 is 1. The van der Waals surface area contributed by atoms with Gasteiger partial charge in [0, 0.05) is 18.1 Å². The first-order valence-electron chi connectivity index (χ1n) is 7.30. The molecule has 0 heterocycles. The number of benzene rings is 2. The second-order valence-electron chi connectivity index (χ2n) is 4.81. The summed E-state index contributed by atoms with van der Waals surface area (Å²) in [5, 5.41) is 0. The fraction of sp³-hybridized carbons (Fsp3) is 0.158. The van der Waals surface area contributed by atoms with Gasteiger partial charge in [0.25, 0.3) is 0 Å². The van der Waals surface area contributed by atoms with Crippen molar-refractivity contribution in [1.29, 1.82) is 0 Å². The quantitative estimate of drug-likeness (QED) is 0.350. The van der Waals surface area contributed by atoms with Gasteiger partial charge in [-0.15, -0.1) is 0 Å². The van der Waals surface area contributed by atoms with Crippen molar-refractivity contribution in [1.82, 2.24) is 0 Å². The van der Waals surface area contributed by atoms with Crippen LogP contribution in [0, 0.1) is 0 Å². The molecule has 4 nitrogen and oxygen atoms in total. The highest BCUT2D eigenvalue weighted by atomic mass is 16.5. The molecule has 0 aliphatic rings. The van der Waals surface area contributed by atoms with Gasteiger partial charge in [-0.05, 0) is 24.3 Å². The maximum absolute atomic E-state index is 12.1. The van der Waals surface area contributed by atoms with Gasteiger partial charge >= 0.3 is 5.97 Å². The number of hydrogen-bond donors (Lipinski definition) is 0. The Balaban J connectivity index is 2.10. The van der Waals surface area contributed by atoms with Crippen LogP contribution in [0.1, 0.15) is 34.1 Å². The zero-order valence-electron chi connectivity index (χ0n) is 13.1. The normalized spacial score (nSPS) is 11.0. The molecule has 0 aromatic heterocycles. The zero-order valence-corrected chi connectivity index (χ0v) is 13.1. The molecule has 2 aromatic carbocycles. The van der Waals surface area contributed by atoms with Crippen LogP contribution in [0.4, 0.5) is 0 Å². The Morgan fingerprint density at radius 1 is 0.957 bits per heavy atom. The Kier molecular flexibility index (Phi) is 5.69. The molecular formula is C19H18O4. The third-order valence-corrected chi connectivity index (χ3v) is 3.25.